The Morgan fingerprint density at radius 3 is 2.00 bits per heavy atom. The molecule has 1 heterocycles. The summed E-state index contributed by atoms with van der Waals surface area (Å²) in [5.74, 6) is -1.07. The zero-order chi connectivity index (χ0) is 25.3. The van der Waals surface area contributed by atoms with Gasteiger partial charge in [-0.05, 0) is 62.8 Å². The molecule has 1 amide bonds. The highest BCUT2D eigenvalue weighted by Gasteiger charge is 2.29. The van der Waals surface area contributed by atoms with E-state index in [0.29, 0.717) is 22.5 Å². The van der Waals surface area contributed by atoms with Crippen molar-refractivity contribution in [3.8, 4) is 0 Å². The Balaban J connectivity index is 2.27. The van der Waals surface area contributed by atoms with E-state index < -0.39 is 28.1 Å². The van der Waals surface area contributed by atoms with Crippen molar-refractivity contribution in [2.24, 2.45) is 0 Å². The highest BCUT2D eigenvalue weighted by Crippen LogP contribution is 2.33. The van der Waals surface area contributed by atoms with Gasteiger partial charge in [-0.25, -0.2) is 17.5 Å². The maximum atomic E-state index is 14.1. The van der Waals surface area contributed by atoms with Gasteiger partial charge in [0, 0.05) is 17.8 Å². The van der Waals surface area contributed by atoms with Crippen LogP contribution in [0.25, 0.3) is 0 Å². The molecule has 0 atom stereocenters. The molecule has 0 saturated heterocycles. The minimum Gasteiger partial charge on any atom is -0.384 e. The number of sulfonamides is 1. The van der Waals surface area contributed by atoms with Gasteiger partial charge in [0.05, 0.1) is 12.2 Å². The Kier molecular flexibility index (Phi) is 8.09. The summed E-state index contributed by atoms with van der Waals surface area (Å²) in [7, 11) is -4.12. The van der Waals surface area contributed by atoms with Crippen LogP contribution in [0.15, 0.2) is 23.2 Å². The van der Waals surface area contributed by atoms with Gasteiger partial charge in [-0.15, -0.1) is 0 Å². The first-order valence-corrected chi connectivity index (χ1v) is 12.5. The van der Waals surface area contributed by atoms with Crippen LogP contribution in [0.5, 0.6) is 0 Å². The number of carbonyl (C=O) groups is 1. The summed E-state index contributed by atoms with van der Waals surface area (Å²) >= 11 is 0. The van der Waals surface area contributed by atoms with E-state index in [9.17, 15) is 22.7 Å². The Hall–Kier alpha value is -2.30. The van der Waals surface area contributed by atoms with Crippen LogP contribution in [-0.2, 0) is 20.4 Å². The quantitative estimate of drug-likeness (QED) is 0.500. The van der Waals surface area contributed by atoms with Gasteiger partial charge >= 0.3 is 0 Å². The maximum Gasteiger partial charge on any atom is 0.260 e. The van der Waals surface area contributed by atoms with Crippen LogP contribution in [0, 0.1) is 5.82 Å². The first kappa shape index (κ1) is 26.9. The van der Waals surface area contributed by atoms with Gasteiger partial charge in [-0.1, -0.05) is 27.7 Å². The van der Waals surface area contributed by atoms with E-state index in [1.165, 1.54) is 22.9 Å². The molecule has 184 valence electrons. The van der Waals surface area contributed by atoms with Crippen molar-refractivity contribution in [2.45, 2.75) is 83.9 Å². The van der Waals surface area contributed by atoms with Crippen LogP contribution in [0.2, 0.25) is 0 Å². The van der Waals surface area contributed by atoms with Crippen molar-refractivity contribution < 1.29 is 22.7 Å². The van der Waals surface area contributed by atoms with Gasteiger partial charge in [0.25, 0.3) is 10.0 Å². The number of aliphatic hydroxyl groups is 1. The van der Waals surface area contributed by atoms with Crippen molar-refractivity contribution in [1.29, 1.82) is 0 Å². The van der Waals surface area contributed by atoms with Crippen molar-refractivity contribution in [3.05, 3.63) is 40.8 Å². The van der Waals surface area contributed by atoms with Crippen LogP contribution in [0.4, 0.5) is 10.1 Å². The molecule has 0 aliphatic heterocycles. The number of nitrogens with zero attached hydrogens (tertiary/aromatic N) is 2. The summed E-state index contributed by atoms with van der Waals surface area (Å²) < 4.78 is 43.4. The number of hydrogen-bond donors (Lipinski definition) is 3. The molecule has 3 N–H and O–H groups in total. The second-order valence-corrected chi connectivity index (χ2v) is 11.3. The summed E-state index contributed by atoms with van der Waals surface area (Å²) in [6.45, 7) is 13.8. The summed E-state index contributed by atoms with van der Waals surface area (Å²) in [6.07, 6.45) is 0. The summed E-state index contributed by atoms with van der Waals surface area (Å²) in [5, 5.41) is 17.0. The van der Waals surface area contributed by atoms with Gasteiger partial charge in [0.2, 0.25) is 5.91 Å². The molecule has 8 nitrogen and oxygen atoms in total. The number of amides is 1. The molecule has 0 spiro atoms. The second-order valence-electron chi connectivity index (χ2n) is 9.61. The summed E-state index contributed by atoms with van der Waals surface area (Å²) in [6, 6.07) is 3.88. The monoisotopic (exact) mass is 482 g/mol. The van der Waals surface area contributed by atoms with Crippen LogP contribution >= 0.6 is 0 Å². The fourth-order valence-electron chi connectivity index (χ4n) is 3.48. The van der Waals surface area contributed by atoms with E-state index in [-0.39, 0.29) is 28.7 Å². The smallest absolute Gasteiger partial charge is 0.260 e. The lowest BCUT2D eigenvalue weighted by Crippen LogP contribution is -2.33. The number of carbonyl (C=O) groups excluding carboxylic acids is 1. The zero-order valence-corrected chi connectivity index (χ0v) is 21.3. The Morgan fingerprint density at radius 1 is 1.09 bits per heavy atom. The lowest BCUT2D eigenvalue weighted by atomic mass is 9.92. The summed E-state index contributed by atoms with van der Waals surface area (Å²) in [4.78, 5) is 12.7. The van der Waals surface area contributed by atoms with Gasteiger partial charge in [0.1, 0.15) is 11.4 Å². The van der Waals surface area contributed by atoms with Crippen molar-refractivity contribution in [3.63, 3.8) is 0 Å². The number of nitrogens with one attached hydrogen (secondary N) is 2. The third-order valence-corrected chi connectivity index (χ3v) is 6.47. The average Bonchev–Trinajstić information content (AvgIpc) is 3.14. The van der Waals surface area contributed by atoms with Crippen molar-refractivity contribution in [1.82, 2.24) is 14.5 Å². The zero-order valence-electron chi connectivity index (χ0n) is 20.5. The molecule has 0 aliphatic carbocycles. The number of anilines is 1. The number of halogens is 1. The fourth-order valence-corrected chi connectivity index (χ4v) is 4.41. The van der Waals surface area contributed by atoms with Gasteiger partial charge in [-0.2, -0.15) is 5.10 Å². The fraction of sp³-hybridized carbons (Fsp3) is 0.565. The molecule has 0 unspecified atom stereocenters. The van der Waals surface area contributed by atoms with E-state index in [1.54, 1.807) is 13.8 Å². The normalized spacial score (nSPS) is 12.8. The molecule has 0 aliphatic rings. The lowest BCUT2D eigenvalue weighted by Gasteiger charge is -2.20. The second kappa shape index (κ2) is 9.90. The Labute approximate surface area is 195 Å². The molecule has 10 heteroatoms. The van der Waals surface area contributed by atoms with E-state index in [2.05, 4.69) is 15.1 Å². The highest BCUT2D eigenvalue weighted by molar-refractivity contribution is 7.89. The molecule has 0 saturated carbocycles. The third-order valence-electron chi connectivity index (χ3n) is 5.20. The SMILES string of the molecule is CC(C)c1cc(F)cc(C(C)C)c1NC(=O)CNS(=O)(=O)c1cc(C(C)(C)O)n(C(C)C)n1. The average molecular weight is 483 g/mol. The highest BCUT2D eigenvalue weighted by atomic mass is 32.2. The van der Waals surface area contributed by atoms with E-state index in [4.69, 9.17) is 0 Å². The number of benzene rings is 1. The summed E-state index contributed by atoms with van der Waals surface area (Å²) in [5.41, 5.74) is 0.822. The molecule has 1 aromatic heterocycles. The van der Waals surface area contributed by atoms with E-state index in [0.717, 1.165) is 0 Å². The first-order valence-electron chi connectivity index (χ1n) is 11.0. The molecule has 0 fully saturated rings. The maximum absolute atomic E-state index is 14.1. The van der Waals surface area contributed by atoms with Crippen LogP contribution in [-0.4, -0.2) is 35.8 Å². The van der Waals surface area contributed by atoms with Crippen LogP contribution in [0.1, 0.15) is 90.1 Å². The number of aromatic nitrogens is 2. The van der Waals surface area contributed by atoms with Crippen molar-refractivity contribution >= 4 is 21.6 Å². The molecule has 0 bridgehead atoms. The van der Waals surface area contributed by atoms with Crippen molar-refractivity contribution in [2.75, 3.05) is 11.9 Å². The molecule has 2 aromatic rings. The van der Waals surface area contributed by atoms with Crippen LogP contribution in [0.3, 0.4) is 0 Å². The Morgan fingerprint density at radius 2 is 1.61 bits per heavy atom. The molecular formula is C23H35FN4O4S. The standard InChI is InChI=1S/C23H35FN4O4S/c1-13(2)17-9-16(24)10-18(14(3)4)22(17)26-20(29)12-25-33(31,32)21-11-19(23(7,8)30)28(27-21)15(5)6/h9-11,13-15,25,30H,12H2,1-8H3,(H,26,29). The predicted octanol–water partition coefficient (Wildman–Crippen LogP) is 3.99. The van der Waals surface area contributed by atoms with Crippen LogP contribution < -0.4 is 10.0 Å². The van der Waals surface area contributed by atoms with E-state index >= 15 is 0 Å². The number of hydrogen-bond acceptors (Lipinski definition) is 5. The topological polar surface area (TPSA) is 113 Å². The molecule has 0 radical (unpaired) electrons. The lowest BCUT2D eigenvalue weighted by molar-refractivity contribution is -0.115. The molecule has 33 heavy (non-hydrogen) atoms. The minimum atomic E-state index is -4.12. The largest absolute Gasteiger partial charge is 0.384 e. The van der Waals surface area contributed by atoms with Gasteiger partial charge in [-0.3, -0.25) is 9.48 Å². The Bertz CT molecular complexity index is 1090. The number of rotatable bonds is 9. The van der Waals surface area contributed by atoms with Gasteiger partial charge < -0.3 is 10.4 Å². The van der Waals surface area contributed by atoms with Gasteiger partial charge in [0.15, 0.2) is 5.03 Å². The molecular weight excluding hydrogens is 447 g/mol. The molecule has 2 rings (SSSR count). The predicted molar refractivity (Wildman–Crippen MR) is 126 cm³/mol. The minimum absolute atomic E-state index is 0.0505. The molecule has 1 aromatic carbocycles. The third kappa shape index (κ3) is 6.39. The van der Waals surface area contributed by atoms with E-state index in [1.807, 2.05) is 41.5 Å². The first-order chi connectivity index (χ1) is 15.0.